The smallest absolute Gasteiger partial charge is 0.264 e. The van der Waals surface area contributed by atoms with E-state index in [1.807, 2.05) is 4.72 Å². The van der Waals surface area contributed by atoms with Crippen LogP contribution in [0.1, 0.15) is 0 Å². The zero-order valence-electron chi connectivity index (χ0n) is 10.2. The summed E-state index contributed by atoms with van der Waals surface area (Å²) in [5.41, 5.74) is 4.79. The van der Waals surface area contributed by atoms with Gasteiger partial charge < -0.3 is 5.73 Å². The van der Waals surface area contributed by atoms with Crippen LogP contribution in [-0.4, -0.2) is 8.42 Å². The van der Waals surface area contributed by atoms with Crippen molar-refractivity contribution in [1.29, 1.82) is 0 Å². The number of benzene rings is 2. The Morgan fingerprint density at radius 2 is 1.57 bits per heavy atom. The second kappa shape index (κ2) is 5.90. The van der Waals surface area contributed by atoms with Gasteiger partial charge in [-0.2, -0.15) is 0 Å². The van der Waals surface area contributed by atoms with E-state index in [0.717, 1.165) is 12.1 Å². The third kappa shape index (κ3) is 3.53. The Bertz CT molecular complexity index is 790. The van der Waals surface area contributed by atoms with Crippen LogP contribution in [0.2, 0.25) is 0 Å². The molecule has 0 saturated heterocycles. The minimum atomic E-state index is -4.22. The van der Waals surface area contributed by atoms with E-state index in [1.54, 1.807) is 6.07 Å². The van der Waals surface area contributed by atoms with Crippen molar-refractivity contribution in [2.24, 2.45) is 0 Å². The van der Waals surface area contributed by atoms with E-state index in [-0.39, 0.29) is 15.1 Å². The van der Waals surface area contributed by atoms with E-state index in [9.17, 15) is 17.2 Å². The minimum absolute atomic E-state index is 0.0383. The molecule has 112 valence electrons. The summed E-state index contributed by atoms with van der Waals surface area (Å²) < 4.78 is 54.3. The van der Waals surface area contributed by atoms with E-state index in [4.69, 9.17) is 5.73 Å². The molecule has 2 rings (SSSR count). The van der Waals surface area contributed by atoms with Crippen LogP contribution in [0.4, 0.5) is 20.2 Å². The van der Waals surface area contributed by atoms with Gasteiger partial charge in [0.1, 0.15) is 10.6 Å². The lowest BCUT2D eigenvalue weighted by atomic mass is 10.3. The molecule has 4 nitrogen and oxygen atoms in total. The highest BCUT2D eigenvalue weighted by molar-refractivity contribution is 9.10. The molecule has 0 aliphatic rings. The van der Waals surface area contributed by atoms with E-state index < -0.39 is 27.3 Å². The summed E-state index contributed by atoms with van der Waals surface area (Å²) in [7, 11) is -4.22. The number of nitrogen functional groups attached to an aromatic ring is 1. The van der Waals surface area contributed by atoms with Crippen LogP contribution in [0.5, 0.6) is 0 Å². The third-order valence-electron chi connectivity index (χ3n) is 2.51. The van der Waals surface area contributed by atoms with Crippen molar-refractivity contribution < 1.29 is 17.2 Å². The van der Waals surface area contributed by atoms with Crippen LogP contribution >= 0.6 is 31.9 Å². The molecule has 9 heteroatoms. The maximum Gasteiger partial charge on any atom is 0.264 e. The molecule has 0 amide bonds. The van der Waals surface area contributed by atoms with E-state index >= 15 is 0 Å². The average molecular weight is 442 g/mol. The Labute approximate surface area is 136 Å². The number of nitrogens with two attached hydrogens (primary N) is 1. The van der Waals surface area contributed by atoms with Gasteiger partial charge in [-0.1, -0.05) is 31.9 Å². The molecule has 2 aromatic carbocycles. The summed E-state index contributed by atoms with van der Waals surface area (Å²) in [4.78, 5) is -0.279. The van der Waals surface area contributed by atoms with Gasteiger partial charge in [0, 0.05) is 8.95 Å². The molecule has 0 spiro atoms. The van der Waals surface area contributed by atoms with Crippen molar-refractivity contribution in [3.63, 3.8) is 0 Å². The Morgan fingerprint density at radius 3 is 2.14 bits per heavy atom. The predicted octanol–water partition coefficient (Wildman–Crippen LogP) is 3.87. The molecular formula is C12H8Br2F2N2O2S. The molecule has 0 radical (unpaired) electrons. The summed E-state index contributed by atoms with van der Waals surface area (Å²) in [6, 6.07) is 6.06. The Hall–Kier alpha value is -1.19. The average Bonchev–Trinajstić information content (AvgIpc) is 2.36. The largest absolute Gasteiger partial charge is 0.398 e. The summed E-state index contributed by atoms with van der Waals surface area (Å²) in [5, 5.41) is 0. The van der Waals surface area contributed by atoms with Gasteiger partial charge >= 0.3 is 0 Å². The van der Waals surface area contributed by atoms with Crippen LogP contribution in [0.15, 0.2) is 44.2 Å². The maximum atomic E-state index is 13.7. The van der Waals surface area contributed by atoms with E-state index in [0.29, 0.717) is 4.47 Å². The highest BCUT2D eigenvalue weighted by atomic mass is 79.9. The lowest BCUT2D eigenvalue weighted by molar-refractivity contribution is 0.582. The fraction of sp³-hybridized carbons (Fsp3) is 0. The molecular weight excluding hydrogens is 434 g/mol. The quantitative estimate of drug-likeness (QED) is 0.710. The van der Waals surface area contributed by atoms with Gasteiger partial charge in [0.25, 0.3) is 10.0 Å². The monoisotopic (exact) mass is 440 g/mol. The molecule has 0 heterocycles. The zero-order valence-corrected chi connectivity index (χ0v) is 14.2. The van der Waals surface area contributed by atoms with Crippen molar-refractivity contribution >= 4 is 53.3 Å². The second-order valence-electron chi connectivity index (χ2n) is 4.03. The Kier molecular flexibility index (Phi) is 4.54. The van der Waals surface area contributed by atoms with Crippen molar-refractivity contribution in [3.05, 3.63) is 50.9 Å². The van der Waals surface area contributed by atoms with E-state index in [1.165, 1.54) is 12.1 Å². The number of hydrogen-bond donors (Lipinski definition) is 2. The van der Waals surface area contributed by atoms with Crippen LogP contribution < -0.4 is 10.5 Å². The van der Waals surface area contributed by atoms with Crippen molar-refractivity contribution in [2.45, 2.75) is 4.90 Å². The molecule has 0 unspecified atom stereocenters. The topological polar surface area (TPSA) is 72.2 Å². The first-order valence-electron chi connectivity index (χ1n) is 5.43. The molecule has 0 saturated carbocycles. The Balaban J connectivity index is 2.50. The normalized spacial score (nSPS) is 11.4. The van der Waals surface area contributed by atoms with Crippen LogP contribution in [-0.2, 0) is 10.0 Å². The highest BCUT2D eigenvalue weighted by Crippen LogP contribution is 2.29. The van der Waals surface area contributed by atoms with Crippen molar-refractivity contribution in [3.8, 4) is 0 Å². The molecule has 2 aromatic rings. The number of rotatable bonds is 3. The van der Waals surface area contributed by atoms with Crippen LogP contribution in [0, 0.1) is 11.6 Å². The molecule has 0 aliphatic heterocycles. The third-order valence-corrected chi connectivity index (χ3v) is 4.86. The fourth-order valence-electron chi connectivity index (χ4n) is 1.57. The maximum absolute atomic E-state index is 13.7. The predicted molar refractivity (Wildman–Crippen MR) is 83.4 cm³/mol. The number of hydrogen-bond acceptors (Lipinski definition) is 3. The van der Waals surface area contributed by atoms with Gasteiger partial charge in [-0.25, -0.2) is 17.2 Å². The molecule has 0 bridgehead atoms. The van der Waals surface area contributed by atoms with E-state index in [2.05, 4.69) is 31.9 Å². The van der Waals surface area contributed by atoms with Crippen molar-refractivity contribution in [1.82, 2.24) is 0 Å². The molecule has 3 N–H and O–H groups in total. The first-order valence-corrected chi connectivity index (χ1v) is 8.50. The fourth-order valence-corrected chi connectivity index (χ4v) is 3.72. The SMILES string of the molecule is Nc1ccc(Br)cc1S(=O)(=O)Nc1c(F)cc(Br)cc1F. The number of nitrogens with one attached hydrogen (secondary N) is 1. The van der Waals surface area contributed by atoms with Crippen LogP contribution in [0.25, 0.3) is 0 Å². The lowest BCUT2D eigenvalue weighted by Gasteiger charge is -2.12. The summed E-state index contributed by atoms with van der Waals surface area (Å²) in [6.45, 7) is 0. The van der Waals surface area contributed by atoms with Gasteiger partial charge in [-0.3, -0.25) is 4.72 Å². The standard InChI is InChI=1S/C12H8Br2F2N2O2S/c13-6-1-2-10(17)11(5-6)21(19,20)18-12-8(15)3-7(14)4-9(12)16/h1-5,18H,17H2. The number of sulfonamides is 1. The summed E-state index contributed by atoms with van der Waals surface area (Å²) in [5.74, 6) is -2.09. The first-order chi connectivity index (χ1) is 9.70. The Morgan fingerprint density at radius 1 is 1.00 bits per heavy atom. The molecule has 0 aromatic heterocycles. The van der Waals surface area contributed by atoms with Crippen LogP contribution in [0.3, 0.4) is 0 Å². The highest BCUT2D eigenvalue weighted by Gasteiger charge is 2.22. The number of halogens is 4. The number of anilines is 2. The lowest BCUT2D eigenvalue weighted by Crippen LogP contribution is -2.16. The molecule has 0 fully saturated rings. The summed E-state index contributed by atoms with van der Waals surface area (Å²) >= 11 is 6.02. The van der Waals surface area contributed by atoms with Gasteiger partial charge in [-0.05, 0) is 30.3 Å². The summed E-state index contributed by atoms with van der Waals surface area (Å²) in [6.07, 6.45) is 0. The zero-order chi connectivity index (χ0) is 15.8. The first kappa shape index (κ1) is 16.2. The van der Waals surface area contributed by atoms with Gasteiger partial charge in [-0.15, -0.1) is 0 Å². The van der Waals surface area contributed by atoms with Gasteiger partial charge in [0.15, 0.2) is 11.6 Å². The van der Waals surface area contributed by atoms with Gasteiger partial charge in [0.2, 0.25) is 0 Å². The molecule has 21 heavy (non-hydrogen) atoms. The van der Waals surface area contributed by atoms with Gasteiger partial charge in [0.05, 0.1) is 5.69 Å². The van der Waals surface area contributed by atoms with Crippen molar-refractivity contribution in [2.75, 3.05) is 10.5 Å². The molecule has 0 atom stereocenters. The molecule has 0 aliphatic carbocycles. The minimum Gasteiger partial charge on any atom is -0.398 e. The second-order valence-corrected chi connectivity index (χ2v) is 7.51.